The monoisotopic (exact) mass is 360 g/mol. The van der Waals surface area contributed by atoms with Gasteiger partial charge in [0.2, 0.25) is 0 Å². The van der Waals surface area contributed by atoms with E-state index in [0.29, 0.717) is 25.0 Å². The average Bonchev–Trinajstić information content (AvgIpc) is 3.09. The van der Waals surface area contributed by atoms with Gasteiger partial charge in [-0.2, -0.15) is 0 Å². The van der Waals surface area contributed by atoms with Crippen LogP contribution < -0.4 is 10.5 Å². The number of ether oxygens (including phenoxy) is 1. The van der Waals surface area contributed by atoms with Crippen LogP contribution in [0.15, 0.2) is 17.5 Å². The van der Waals surface area contributed by atoms with Crippen LogP contribution in [-0.4, -0.2) is 18.1 Å². The standard InChI is InChI=1S/C21H32N2OS/c1-6-14(4)17-11-16(19-13-25-20(23-19)9-10-22)12-18(15(5)7-2)21(17)24-8-3/h11-15H,6-10,22H2,1-5H3. The lowest BCUT2D eigenvalue weighted by Crippen LogP contribution is -2.06. The van der Waals surface area contributed by atoms with E-state index in [4.69, 9.17) is 15.5 Å². The van der Waals surface area contributed by atoms with Crippen molar-refractivity contribution in [3.8, 4) is 17.0 Å². The van der Waals surface area contributed by atoms with E-state index in [1.54, 1.807) is 11.3 Å². The first-order valence-corrected chi connectivity index (χ1v) is 10.4. The van der Waals surface area contributed by atoms with Gasteiger partial charge in [0.25, 0.3) is 0 Å². The van der Waals surface area contributed by atoms with Crippen LogP contribution >= 0.6 is 11.3 Å². The molecule has 1 aromatic carbocycles. The van der Waals surface area contributed by atoms with Gasteiger partial charge in [-0.1, -0.05) is 27.7 Å². The van der Waals surface area contributed by atoms with Crippen LogP contribution in [0.25, 0.3) is 11.3 Å². The molecule has 1 heterocycles. The van der Waals surface area contributed by atoms with Crippen LogP contribution in [0.2, 0.25) is 0 Å². The molecule has 0 saturated carbocycles. The van der Waals surface area contributed by atoms with Gasteiger partial charge in [-0.05, 0) is 61.4 Å². The van der Waals surface area contributed by atoms with Gasteiger partial charge in [-0.15, -0.1) is 11.3 Å². The maximum atomic E-state index is 6.11. The summed E-state index contributed by atoms with van der Waals surface area (Å²) in [6.07, 6.45) is 3.04. The number of aromatic nitrogens is 1. The molecule has 1 aromatic heterocycles. The Hall–Kier alpha value is -1.39. The molecule has 0 saturated heterocycles. The van der Waals surface area contributed by atoms with Crippen molar-refractivity contribution < 1.29 is 4.74 Å². The Morgan fingerprint density at radius 3 is 2.16 bits per heavy atom. The van der Waals surface area contributed by atoms with Crippen LogP contribution in [0.1, 0.15) is 75.4 Å². The first-order chi connectivity index (χ1) is 12.0. The van der Waals surface area contributed by atoms with Crippen LogP contribution in [0.3, 0.4) is 0 Å². The number of benzene rings is 1. The summed E-state index contributed by atoms with van der Waals surface area (Å²) in [5.41, 5.74) is 10.6. The molecule has 0 fully saturated rings. The molecule has 0 spiro atoms. The maximum absolute atomic E-state index is 6.11. The fourth-order valence-electron chi connectivity index (χ4n) is 2.99. The molecule has 0 bridgehead atoms. The van der Waals surface area contributed by atoms with Crippen molar-refractivity contribution in [1.29, 1.82) is 0 Å². The highest BCUT2D eigenvalue weighted by Gasteiger charge is 2.20. The minimum absolute atomic E-state index is 0.464. The molecule has 2 rings (SSSR count). The largest absolute Gasteiger partial charge is 0.493 e. The van der Waals surface area contributed by atoms with Crippen molar-refractivity contribution in [2.24, 2.45) is 5.73 Å². The molecule has 0 aliphatic rings. The van der Waals surface area contributed by atoms with E-state index >= 15 is 0 Å². The third kappa shape index (κ3) is 4.62. The van der Waals surface area contributed by atoms with Crippen molar-refractivity contribution in [2.45, 2.75) is 65.7 Å². The van der Waals surface area contributed by atoms with Crippen molar-refractivity contribution >= 4 is 11.3 Å². The molecule has 2 unspecified atom stereocenters. The molecular weight excluding hydrogens is 328 g/mol. The lowest BCUT2D eigenvalue weighted by Gasteiger charge is -2.23. The minimum Gasteiger partial charge on any atom is -0.493 e. The number of thiazole rings is 1. The zero-order valence-electron chi connectivity index (χ0n) is 16.3. The van der Waals surface area contributed by atoms with Crippen molar-refractivity contribution in [3.63, 3.8) is 0 Å². The smallest absolute Gasteiger partial charge is 0.126 e. The average molecular weight is 361 g/mol. The molecule has 3 nitrogen and oxygen atoms in total. The molecule has 0 aliphatic heterocycles. The third-order valence-electron chi connectivity index (χ3n) is 4.93. The van der Waals surface area contributed by atoms with Gasteiger partial charge in [0.05, 0.1) is 17.3 Å². The van der Waals surface area contributed by atoms with Gasteiger partial charge in [0.1, 0.15) is 5.75 Å². The Morgan fingerprint density at radius 1 is 1.08 bits per heavy atom. The van der Waals surface area contributed by atoms with Crippen molar-refractivity contribution in [1.82, 2.24) is 4.98 Å². The zero-order chi connectivity index (χ0) is 18.4. The molecule has 4 heteroatoms. The summed E-state index contributed by atoms with van der Waals surface area (Å²) in [6.45, 7) is 12.4. The number of hydrogen-bond donors (Lipinski definition) is 1. The Balaban J connectivity index is 2.59. The van der Waals surface area contributed by atoms with Crippen LogP contribution in [0.5, 0.6) is 5.75 Å². The highest BCUT2D eigenvalue weighted by atomic mass is 32.1. The summed E-state index contributed by atoms with van der Waals surface area (Å²) in [6, 6.07) is 4.57. The van der Waals surface area contributed by atoms with Crippen LogP contribution in [0, 0.1) is 0 Å². The Bertz CT molecular complexity index is 649. The molecule has 0 aliphatic carbocycles. The lowest BCUT2D eigenvalue weighted by atomic mass is 9.87. The molecule has 0 radical (unpaired) electrons. The first-order valence-electron chi connectivity index (χ1n) is 9.50. The van der Waals surface area contributed by atoms with E-state index in [-0.39, 0.29) is 0 Å². The fraction of sp³-hybridized carbons (Fsp3) is 0.571. The van der Waals surface area contributed by atoms with Gasteiger partial charge in [0.15, 0.2) is 0 Å². The summed E-state index contributed by atoms with van der Waals surface area (Å²) in [5, 5.41) is 3.27. The topological polar surface area (TPSA) is 48.1 Å². The summed E-state index contributed by atoms with van der Waals surface area (Å²) < 4.78 is 6.11. The highest BCUT2D eigenvalue weighted by molar-refractivity contribution is 7.09. The maximum Gasteiger partial charge on any atom is 0.126 e. The van der Waals surface area contributed by atoms with Crippen molar-refractivity contribution in [3.05, 3.63) is 33.6 Å². The molecule has 25 heavy (non-hydrogen) atoms. The second kappa shape index (κ2) is 9.35. The molecule has 2 N–H and O–H groups in total. The molecule has 2 aromatic rings. The predicted octanol–water partition coefficient (Wildman–Crippen LogP) is 5.74. The van der Waals surface area contributed by atoms with E-state index in [9.17, 15) is 0 Å². The molecule has 138 valence electrons. The Kier molecular flexibility index (Phi) is 7.45. The van der Waals surface area contributed by atoms with Gasteiger partial charge >= 0.3 is 0 Å². The summed E-state index contributed by atoms with van der Waals surface area (Å²) in [4.78, 5) is 4.80. The van der Waals surface area contributed by atoms with Crippen LogP contribution in [0.4, 0.5) is 0 Å². The van der Waals surface area contributed by atoms with E-state index in [0.717, 1.165) is 35.7 Å². The number of rotatable bonds is 9. The SMILES string of the molecule is CCOc1c(C(C)CC)cc(-c2csc(CCN)n2)cc1C(C)CC. The quantitative estimate of drug-likeness (QED) is 0.620. The highest BCUT2D eigenvalue weighted by Crippen LogP contribution is 2.40. The lowest BCUT2D eigenvalue weighted by molar-refractivity contribution is 0.328. The fourth-order valence-corrected chi connectivity index (χ4v) is 3.81. The van der Waals surface area contributed by atoms with Crippen LogP contribution in [-0.2, 0) is 6.42 Å². The molecular formula is C21H32N2OS. The van der Waals surface area contributed by atoms with Crippen molar-refractivity contribution in [2.75, 3.05) is 13.2 Å². The van der Waals surface area contributed by atoms with E-state index in [1.165, 1.54) is 16.7 Å². The normalized spacial score (nSPS) is 13.7. The zero-order valence-corrected chi connectivity index (χ0v) is 17.1. The first kappa shape index (κ1) is 19.9. The summed E-state index contributed by atoms with van der Waals surface area (Å²) in [7, 11) is 0. The second-order valence-electron chi connectivity index (χ2n) is 6.70. The van der Waals surface area contributed by atoms with E-state index in [1.807, 2.05) is 0 Å². The summed E-state index contributed by atoms with van der Waals surface area (Å²) >= 11 is 1.70. The van der Waals surface area contributed by atoms with Gasteiger partial charge in [-0.3, -0.25) is 0 Å². The molecule has 0 amide bonds. The number of nitrogens with zero attached hydrogens (tertiary/aromatic N) is 1. The second-order valence-corrected chi connectivity index (χ2v) is 7.64. The van der Waals surface area contributed by atoms with Gasteiger partial charge in [0, 0.05) is 17.4 Å². The number of hydrogen-bond acceptors (Lipinski definition) is 4. The third-order valence-corrected chi connectivity index (χ3v) is 5.84. The van der Waals surface area contributed by atoms with Gasteiger partial charge in [-0.25, -0.2) is 4.98 Å². The number of nitrogens with two attached hydrogens (primary N) is 1. The Labute approximate surface area is 156 Å². The predicted molar refractivity (Wildman–Crippen MR) is 109 cm³/mol. The van der Waals surface area contributed by atoms with E-state index in [2.05, 4.69) is 52.1 Å². The molecule has 2 atom stereocenters. The Morgan fingerprint density at radius 2 is 1.68 bits per heavy atom. The van der Waals surface area contributed by atoms with Gasteiger partial charge < -0.3 is 10.5 Å². The summed E-state index contributed by atoms with van der Waals surface area (Å²) in [5.74, 6) is 2.02. The van der Waals surface area contributed by atoms with E-state index < -0.39 is 0 Å². The minimum atomic E-state index is 0.464.